The lowest BCUT2D eigenvalue weighted by molar-refractivity contribution is -0.127. The van der Waals surface area contributed by atoms with E-state index in [2.05, 4.69) is 5.32 Å². The van der Waals surface area contributed by atoms with Gasteiger partial charge in [-0.25, -0.2) is 0 Å². The highest BCUT2D eigenvalue weighted by Gasteiger charge is 2.22. The van der Waals surface area contributed by atoms with E-state index in [9.17, 15) is 4.79 Å². The van der Waals surface area contributed by atoms with Crippen LogP contribution in [0, 0.1) is 6.92 Å². The van der Waals surface area contributed by atoms with Gasteiger partial charge in [0.2, 0.25) is 0 Å². The number of para-hydroxylation sites is 2. The minimum Gasteiger partial charge on any atom is -0.486 e. The topological polar surface area (TPSA) is 56.8 Å². The van der Waals surface area contributed by atoms with Crippen molar-refractivity contribution in [1.29, 1.82) is 0 Å². The Morgan fingerprint density at radius 3 is 2.67 bits per heavy atom. The first kappa shape index (κ1) is 16.2. The summed E-state index contributed by atoms with van der Waals surface area (Å²) >= 11 is 0. The molecular formula is C19H21NO4. The molecule has 0 aromatic heterocycles. The molecule has 0 bridgehead atoms. The van der Waals surface area contributed by atoms with E-state index < -0.39 is 6.10 Å². The first-order chi connectivity index (χ1) is 11.6. The van der Waals surface area contributed by atoms with Gasteiger partial charge in [-0.05, 0) is 38.1 Å². The van der Waals surface area contributed by atoms with E-state index >= 15 is 0 Å². The van der Waals surface area contributed by atoms with Gasteiger partial charge in [0.15, 0.2) is 17.6 Å². The third-order valence-electron chi connectivity index (χ3n) is 3.77. The van der Waals surface area contributed by atoms with Gasteiger partial charge >= 0.3 is 0 Å². The Morgan fingerprint density at radius 2 is 1.92 bits per heavy atom. The molecule has 0 saturated carbocycles. The van der Waals surface area contributed by atoms with E-state index in [1.54, 1.807) is 6.92 Å². The number of aryl methyl sites for hydroxylation is 1. The molecule has 2 aromatic carbocycles. The van der Waals surface area contributed by atoms with Gasteiger partial charge in [0, 0.05) is 0 Å². The van der Waals surface area contributed by atoms with E-state index in [-0.39, 0.29) is 12.0 Å². The molecule has 0 fully saturated rings. The highest BCUT2D eigenvalue weighted by Crippen LogP contribution is 2.30. The molecule has 2 unspecified atom stereocenters. The maximum Gasteiger partial charge on any atom is 0.260 e. The van der Waals surface area contributed by atoms with Crippen molar-refractivity contribution < 1.29 is 19.0 Å². The minimum atomic E-state index is -0.579. The van der Waals surface area contributed by atoms with Crippen molar-refractivity contribution in [2.24, 2.45) is 0 Å². The van der Waals surface area contributed by atoms with Gasteiger partial charge in [0.05, 0.1) is 6.54 Å². The average Bonchev–Trinajstić information content (AvgIpc) is 2.61. The zero-order valence-electron chi connectivity index (χ0n) is 13.8. The molecular weight excluding hydrogens is 306 g/mol. The van der Waals surface area contributed by atoms with Gasteiger partial charge in [-0.3, -0.25) is 4.79 Å². The molecule has 2 atom stereocenters. The number of carbonyl (C=O) groups excluding carboxylic acids is 1. The average molecular weight is 327 g/mol. The van der Waals surface area contributed by atoms with Crippen molar-refractivity contribution in [3.63, 3.8) is 0 Å². The van der Waals surface area contributed by atoms with Crippen molar-refractivity contribution in [2.75, 3.05) is 13.2 Å². The second-order valence-electron chi connectivity index (χ2n) is 5.82. The summed E-state index contributed by atoms with van der Waals surface area (Å²) < 4.78 is 17.1. The Hall–Kier alpha value is -2.69. The third kappa shape index (κ3) is 3.98. The highest BCUT2D eigenvalue weighted by molar-refractivity contribution is 5.80. The van der Waals surface area contributed by atoms with Crippen LogP contribution in [0.4, 0.5) is 0 Å². The highest BCUT2D eigenvalue weighted by atomic mass is 16.6. The van der Waals surface area contributed by atoms with Crippen molar-refractivity contribution in [3.05, 3.63) is 54.1 Å². The lowest BCUT2D eigenvalue weighted by Crippen LogP contribution is -2.44. The van der Waals surface area contributed by atoms with Gasteiger partial charge in [-0.1, -0.05) is 29.8 Å². The number of hydrogen-bond donors (Lipinski definition) is 1. The molecule has 1 N–H and O–H groups in total. The van der Waals surface area contributed by atoms with Crippen LogP contribution in [-0.4, -0.2) is 31.3 Å². The van der Waals surface area contributed by atoms with Crippen LogP contribution in [0.2, 0.25) is 0 Å². The summed E-state index contributed by atoms with van der Waals surface area (Å²) in [6, 6.07) is 15.1. The third-order valence-corrected chi connectivity index (χ3v) is 3.77. The van der Waals surface area contributed by atoms with Crippen LogP contribution in [0.5, 0.6) is 17.2 Å². The fourth-order valence-electron chi connectivity index (χ4n) is 2.40. The van der Waals surface area contributed by atoms with Gasteiger partial charge in [-0.15, -0.1) is 0 Å². The first-order valence-electron chi connectivity index (χ1n) is 8.01. The Labute approximate surface area is 141 Å². The predicted molar refractivity (Wildman–Crippen MR) is 90.6 cm³/mol. The number of ether oxygens (including phenoxy) is 3. The molecule has 2 aromatic rings. The molecule has 1 aliphatic rings. The maximum atomic E-state index is 12.2. The van der Waals surface area contributed by atoms with Crippen LogP contribution in [0.25, 0.3) is 0 Å². The predicted octanol–water partition coefficient (Wildman–Crippen LogP) is 2.72. The summed E-state index contributed by atoms with van der Waals surface area (Å²) in [5.41, 5.74) is 1.15. The molecule has 126 valence electrons. The zero-order valence-corrected chi connectivity index (χ0v) is 13.8. The van der Waals surface area contributed by atoms with Gasteiger partial charge in [0.25, 0.3) is 5.91 Å². The van der Waals surface area contributed by atoms with Gasteiger partial charge < -0.3 is 19.5 Å². The lowest BCUT2D eigenvalue weighted by Gasteiger charge is -2.27. The molecule has 5 heteroatoms. The molecule has 0 aliphatic carbocycles. The maximum absolute atomic E-state index is 12.2. The Morgan fingerprint density at radius 1 is 1.21 bits per heavy atom. The monoisotopic (exact) mass is 327 g/mol. The number of benzene rings is 2. The molecule has 0 saturated heterocycles. The summed E-state index contributed by atoms with van der Waals surface area (Å²) in [5.74, 6) is 1.93. The summed E-state index contributed by atoms with van der Waals surface area (Å²) in [6.07, 6.45) is -0.792. The molecule has 3 rings (SSSR count). The molecule has 1 heterocycles. The van der Waals surface area contributed by atoms with Crippen molar-refractivity contribution in [2.45, 2.75) is 26.1 Å². The Bertz CT molecular complexity index is 699. The smallest absolute Gasteiger partial charge is 0.260 e. The first-order valence-corrected chi connectivity index (χ1v) is 8.01. The van der Waals surface area contributed by atoms with E-state index in [1.807, 2.05) is 55.5 Å². The van der Waals surface area contributed by atoms with Crippen molar-refractivity contribution in [1.82, 2.24) is 5.32 Å². The number of rotatable bonds is 5. The summed E-state index contributed by atoms with van der Waals surface area (Å²) in [5, 5.41) is 2.85. The van der Waals surface area contributed by atoms with E-state index in [0.29, 0.717) is 24.7 Å². The normalized spacial score (nSPS) is 17.0. The van der Waals surface area contributed by atoms with Crippen LogP contribution in [0.15, 0.2) is 48.5 Å². The largest absolute Gasteiger partial charge is 0.486 e. The standard InChI is InChI=1S/C19H21NO4/c1-13-7-9-15(10-8-13)23-14(2)19(21)20-11-16-12-22-17-5-3-4-6-18(17)24-16/h3-10,14,16H,11-12H2,1-2H3,(H,20,21). The number of fused-ring (bicyclic) bond motifs is 1. The fourth-order valence-corrected chi connectivity index (χ4v) is 2.40. The summed E-state index contributed by atoms with van der Waals surface area (Å²) in [6.45, 7) is 4.51. The fraction of sp³-hybridized carbons (Fsp3) is 0.316. The van der Waals surface area contributed by atoms with Crippen LogP contribution < -0.4 is 19.5 Å². The molecule has 0 radical (unpaired) electrons. The minimum absolute atomic E-state index is 0.182. The molecule has 5 nitrogen and oxygen atoms in total. The van der Waals surface area contributed by atoms with Gasteiger partial charge in [-0.2, -0.15) is 0 Å². The molecule has 1 aliphatic heterocycles. The van der Waals surface area contributed by atoms with Crippen LogP contribution in [0.1, 0.15) is 12.5 Å². The van der Waals surface area contributed by atoms with Crippen LogP contribution in [0.3, 0.4) is 0 Å². The Balaban J connectivity index is 1.48. The van der Waals surface area contributed by atoms with Crippen LogP contribution >= 0.6 is 0 Å². The summed E-state index contributed by atoms with van der Waals surface area (Å²) in [4.78, 5) is 12.2. The Kier molecular flexibility index (Phi) is 4.89. The number of hydrogen-bond acceptors (Lipinski definition) is 4. The SMILES string of the molecule is Cc1ccc(OC(C)C(=O)NCC2COc3ccccc3O2)cc1. The number of carbonyl (C=O) groups is 1. The number of amides is 1. The van der Waals surface area contributed by atoms with Gasteiger partial charge in [0.1, 0.15) is 18.5 Å². The van der Waals surface area contributed by atoms with E-state index in [4.69, 9.17) is 14.2 Å². The summed E-state index contributed by atoms with van der Waals surface area (Å²) in [7, 11) is 0. The second kappa shape index (κ2) is 7.25. The van der Waals surface area contributed by atoms with E-state index in [0.717, 1.165) is 11.3 Å². The molecule has 1 amide bonds. The molecule has 0 spiro atoms. The quantitative estimate of drug-likeness (QED) is 0.917. The van der Waals surface area contributed by atoms with E-state index in [1.165, 1.54) is 0 Å². The lowest BCUT2D eigenvalue weighted by atomic mass is 10.2. The second-order valence-corrected chi connectivity index (χ2v) is 5.82. The van der Waals surface area contributed by atoms with Crippen molar-refractivity contribution >= 4 is 5.91 Å². The van der Waals surface area contributed by atoms with Crippen LogP contribution in [-0.2, 0) is 4.79 Å². The molecule has 24 heavy (non-hydrogen) atoms. The number of nitrogens with one attached hydrogen (secondary N) is 1. The van der Waals surface area contributed by atoms with Crippen molar-refractivity contribution in [3.8, 4) is 17.2 Å². The zero-order chi connectivity index (χ0) is 16.9.